The number of unbranched alkanes of at least 4 members (excludes halogenated alkanes) is 1. The lowest BCUT2D eigenvalue weighted by Crippen LogP contribution is -2.20. The molecule has 0 bridgehead atoms. The molecule has 0 saturated heterocycles. The van der Waals surface area contributed by atoms with Crippen molar-refractivity contribution in [2.24, 2.45) is 5.84 Å². The standard InChI is InChI=1S/C14H27N5O/c1-5-6-8-20-9-7-16-11-10-12(19-15)18-13(17-11)14(2,3)4/h10H,5-9,15H2,1-4H3,(H2,16,17,18,19). The fourth-order valence-electron chi connectivity index (χ4n) is 1.55. The van der Waals surface area contributed by atoms with Gasteiger partial charge in [-0.1, -0.05) is 34.1 Å². The Hall–Kier alpha value is -1.40. The maximum absolute atomic E-state index is 5.50. The Balaban J connectivity index is 2.56. The van der Waals surface area contributed by atoms with Crippen molar-refractivity contribution in [2.75, 3.05) is 30.5 Å². The van der Waals surface area contributed by atoms with Crippen molar-refractivity contribution in [3.8, 4) is 0 Å². The summed E-state index contributed by atoms with van der Waals surface area (Å²) in [5.74, 6) is 7.57. The van der Waals surface area contributed by atoms with Gasteiger partial charge >= 0.3 is 0 Å². The molecule has 0 aromatic carbocycles. The Kier molecular flexibility index (Phi) is 6.67. The predicted molar refractivity (Wildman–Crippen MR) is 82.8 cm³/mol. The van der Waals surface area contributed by atoms with E-state index in [1.165, 1.54) is 0 Å². The number of nitrogens with one attached hydrogen (secondary N) is 2. The molecule has 0 radical (unpaired) electrons. The molecule has 1 aromatic heterocycles. The molecule has 6 heteroatoms. The minimum Gasteiger partial charge on any atom is -0.380 e. The smallest absolute Gasteiger partial charge is 0.145 e. The van der Waals surface area contributed by atoms with Gasteiger partial charge in [0.15, 0.2) is 0 Å². The molecule has 0 amide bonds. The van der Waals surface area contributed by atoms with Crippen LogP contribution in [0.5, 0.6) is 0 Å². The fraction of sp³-hybridized carbons (Fsp3) is 0.714. The molecule has 1 aromatic rings. The molecule has 0 spiro atoms. The first-order chi connectivity index (χ1) is 9.47. The second kappa shape index (κ2) is 8.01. The number of ether oxygens (including phenoxy) is 1. The topological polar surface area (TPSA) is 85.1 Å². The van der Waals surface area contributed by atoms with E-state index in [2.05, 4.69) is 48.4 Å². The lowest BCUT2D eigenvalue weighted by molar-refractivity contribution is 0.141. The molecular weight excluding hydrogens is 254 g/mol. The van der Waals surface area contributed by atoms with E-state index >= 15 is 0 Å². The highest BCUT2D eigenvalue weighted by atomic mass is 16.5. The van der Waals surface area contributed by atoms with Gasteiger partial charge in [0, 0.05) is 24.6 Å². The van der Waals surface area contributed by atoms with E-state index in [1.54, 1.807) is 6.07 Å². The second-order valence-corrected chi connectivity index (χ2v) is 5.75. The molecule has 1 heterocycles. The molecule has 0 saturated carbocycles. The predicted octanol–water partition coefficient (Wildman–Crippen LogP) is 2.29. The van der Waals surface area contributed by atoms with Gasteiger partial charge in [-0.15, -0.1) is 0 Å². The summed E-state index contributed by atoms with van der Waals surface area (Å²) in [6.45, 7) is 10.6. The van der Waals surface area contributed by atoms with Crippen molar-refractivity contribution in [2.45, 2.75) is 46.0 Å². The van der Waals surface area contributed by atoms with E-state index in [4.69, 9.17) is 10.6 Å². The third-order valence-corrected chi connectivity index (χ3v) is 2.74. The number of nitrogen functional groups attached to an aromatic ring is 1. The number of hydrogen-bond donors (Lipinski definition) is 3. The normalized spacial score (nSPS) is 11.4. The largest absolute Gasteiger partial charge is 0.380 e. The SMILES string of the molecule is CCCCOCCNc1cc(NN)nc(C(C)(C)C)n1. The summed E-state index contributed by atoms with van der Waals surface area (Å²) in [6, 6.07) is 1.79. The molecule has 4 N–H and O–H groups in total. The number of rotatable bonds is 8. The number of hydrogen-bond acceptors (Lipinski definition) is 6. The highest BCUT2D eigenvalue weighted by Crippen LogP contribution is 2.21. The van der Waals surface area contributed by atoms with Gasteiger partial charge in [-0.25, -0.2) is 15.8 Å². The minimum atomic E-state index is -0.124. The van der Waals surface area contributed by atoms with Gasteiger partial charge in [0.1, 0.15) is 17.5 Å². The summed E-state index contributed by atoms with van der Waals surface area (Å²) in [4.78, 5) is 8.89. The van der Waals surface area contributed by atoms with Crippen LogP contribution in [0.25, 0.3) is 0 Å². The molecule has 0 unspecified atom stereocenters. The molecule has 1 rings (SSSR count). The van der Waals surface area contributed by atoms with Gasteiger partial charge in [-0.3, -0.25) is 0 Å². The number of nitrogens with two attached hydrogens (primary N) is 1. The zero-order valence-electron chi connectivity index (χ0n) is 13.0. The molecule has 6 nitrogen and oxygen atoms in total. The Morgan fingerprint density at radius 1 is 1.20 bits per heavy atom. The summed E-state index contributed by atoms with van der Waals surface area (Å²) < 4.78 is 5.50. The van der Waals surface area contributed by atoms with Gasteiger partial charge in [-0.05, 0) is 6.42 Å². The van der Waals surface area contributed by atoms with Gasteiger partial charge < -0.3 is 15.5 Å². The van der Waals surface area contributed by atoms with Crippen molar-refractivity contribution in [3.63, 3.8) is 0 Å². The molecule has 20 heavy (non-hydrogen) atoms. The van der Waals surface area contributed by atoms with Crippen molar-refractivity contribution in [1.29, 1.82) is 0 Å². The summed E-state index contributed by atoms with van der Waals surface area (Å²) in [6.07, 6.45) is 2.25. The molecule has 0 atom stereocenters. The van der Waals surface area contributed by atoms with Crippen LogP contribution < -0.4 is 16.6 Å². The zero-order valence-corrected chi connectivity index (χ0v) is 13.0. The average molecular weight is 281 g/mol. The van der Waals surface area contributed by atoms with Gasteiger partial charge in [0.05, 0.1) is 6.61 Å². The Labute approximate surface area is 121 Å². The highest BCUT2D eigenvalue weighted by Gasteiger charge is 2.18. The maximum atomic E-state index is 5.50. The first kappa shape index (κ1) is 16.7. The fourth-order valence-corrected chi connectivity index (χ4v) is 1.55. The Bertz CT molecular complexity index is 403. The Morgan fingerprint density at radius 3 is 2.50 bits per heavy atom. The van der Waals surface area contributed by atoms with E-state index < -0.39 is 0 Å². The lowest BCUT2D eigenvalue weighted by atomic mass is 9.96. The molecule has 0 aliphatic heterocycles. The van der Waals surface area contributed by atoms with Gasteiger partial charge in [0.25, 0.3) is 0 Å². The zero-order chi connectivity index (χ0) is 15.0. The van der Waals surface area contributed by atoms with E-state index in [9.17, 15) is 0 Å². The van der Waals surface area contributed by atoms with Crippen LogP contribution in [0, 0.1) is 0 Å². The van der Waals surface area contributed by atoms with E-state index in [1.807, 2.05) is 0 Å². The number of aromatic nitrogens is 2. The van der Waals surface area contributed by atoms with Crippen molar-refractivity contribution in [3.05, 3.63) is 11.9 Å². The van der Waals surface area contributed by atoms with Crippen molar-refractivity contribution < 1.29 is 4.74 Å². The first-order valence-corrected chi connectivity index (χ1v) is 7.15. The average Bonchev–Trinajstić information content (AvgIpc) is 2.41. The third kappa shape index (κ3) is 5.71. The summed E-state index contributed by atoms with van der Waals surface area (Å²) in [7, 11) is 0. The van der Waals surface area contributed by atoms with Crippen LogP contribution in [0.3, 0.4) is 0 Å². The second-order valence-electron chi connectivity index (χ2n) is 5.75. The molecule has 0 aliphatic carbocycles. The van der Waals surface area contributed by atoms with Crippen LogP contribution in [-0.2, 0) is 10.2 Å². The number of nitrogens with zero attached hydrogens (tertiary/aromatic N) is 2. The first-order valence-electron chi connectivity index (χ1n) is 7.15. The van der Waals surface area contributed by atoms with Crippen molar-refractivity contribution >= 4 is 11.6 Å². The van der Waals surface area contributed by atoms with E-state index in [0.29, 0.717) is 19.0 Å². The van der Waals surface area contributed by atoms with Crippen molar-refractivity contribution in [1.82, 2.24) is 9.97 Å². The minimum absolute atomic E-state index is 0.124. The molecule has 114 valence electrons. The molecular formula is C14H27N5O. The quantitative estimate of drug-likeness (QED) is 0.385. The molecule has 0 aliphatic rings. The lowest BCUT2D eigenvalue weighted by Gasteiger charge is -2.18. The van der Waals surface area contributed by atoms with Crippen LogP contribution in [0.1, 0.15) is 46.4 Å². The van der Waals surface area contributed by atoms with Crippen LogP contribution >= 0.6 is 0 Å². The highest BCUT2D eigenvalue weighted by molar-refractivity contribution is 5.47. The molecule has 0 fully saturated rings. The summed E-state index contributed by atoms with van der Waals surface area (Å²) in [5, 5.41) is 3.24. The van der Waals surface area contributed by atoms with Crippen LogP contribution in [0.2, 0.25) is 0 Å². The van der Waals surface area contributed by atoms with Crippen LogP contribution in [-0.4, -0.2) is 29.7 Å². The maximum Gasteiger partial charge on any atom is 0.145 e. The number of anilines is 2. The van der Waals surface area contributed by atoms with E-state index in [0.717, 1.165) is 31.1 Å². The third-order valence-electron chi connectivity index (χ3n) is 2.74. The summed E-state index contributed by atoms with van der Waals surface area (Å²) in [5.41, 5.74) is 2.45. The van der Waals surface area contributed by atoms with Crippen LogP contribution in [0.4, 0.5) is 11.6 Å². The summed E-state index contributed by atoms with van der Waals surface area (Å²) >= 11 is 0. The van der Waals surface area contributed by atoms with Gasteiger partial charge in [-0.2, -0.15) is 0 Å². The van der Waals surface area contributed by atoms with Crippen LogP contribution in [0.15, 0.2) is 6.07 Å². The van der Waals surface area contributed by atoms with E-state index in [-0.39, 0.29) is 5.41 Å². The van der Waals surface area contributed by atoms with Gasteiger partial charge in [0.2, 0.25) is 0 Å². The Morgan fingerprint density at radius 2 is 1.90 bits per heavy atom. The number of hydrazine groups is 1. The monoisotopic (exact) mass is 281 g/mol.